The van der Waals surface area contributed by atoms with E-state index in [2.05, 4.69) is 6.92 Å². The summed E-state index contributed by atoms with van der Waals surface area (Å²) < 4.78 is 0. The lowest BCUT2D eigenvalue weighted by Gasteiger charge is -2.61. The van der Waals surface area contributed by atoms with E-state index in [1.54, 1.807) is 0 Å². The van der Waals surface area contributed by atoms with Gasteiger partial charge in [-0.05, 0) is 74.5 Å². The maximum Gasteiger partial charge on any atom is 0.303 e. The number of hydrogen-bond donors (Lipinski definition) is 4. The van der Waals surface area contributed by atoms with Crippen molar-refractivity contribution in [3.05, 3.63) is 0 Å². The first-order valence-electron chi connectivity index (χ1n) is 11.4. The molecule has 4 fully saturated rings. The van der Waals surface area contributed by atoms with Crippen molar-refractivity contribution >= 4 is 5.97 Å². The van der Waals surface area contributed by atoms with Gasteiger partial charge < -0.3 is 20.4 Å². The predicted molar refractivity (Wildman–Crippen MR) is 105 cm³/mol. The van der Waals surface area contributed by atoms with Gasteiger partial charge in [0.05, 0.1) is 5.60 Å². The molecular formula is C23H38O5. The molecule has 0 spiro atoms. The fraction of sp³-hybridized carbons (Fsp3) is 0.957. The SMILES string of the molecule is CC12CCCCC1CCC1C2CCC2(C)C1C(O)(O)CC2(O)CCCC(=O)O. The molecule has 7 unspecified atom stereocenters. The molecule has 4 aliphatic rings. The number of hydrogen-bond acceptors (Lipinski definition) is 4. The molecule has 0 aromatic carbocycles. The topological polar surface area (TPSA) is 98.0 Å². The molecule has 0 saturated heterocycles. The van der Waals surface area contributed by atoms with Gasteiger partial charge in [0.1, 0.15) is 0 Å². The summed E-state index contributed by atoms with van der Waals surface area (Å²) in [5.74, 6) is -1.56. The maximum absolute atomic E-state index is 11.6. The number of rotatable bonds is 4. The van der Waals surface area contributed by atoms with Crippen molar-refractivity contribution in [2.24, 2.45) is 34.5 Å². The average Bonchev–Trinajstić information content (AvgIpc) is 2.76. The molecule has 0 aromatic heterocycles. The van der Waals surface area contributed by atoms with E-state index in [0.717, 1.165) is 31.6 Å². The fourth-order valence-corrected chi connectivity index (χ4v) is 8.53. The number of aliphatic hydroxyl groups is 3. The van der Waals surface area contributed by atoms with Crippen LogP contribution in [0, 0.1) is 34.5 Å². The maximum atomic E-state index is 11.6. The van der Waals surface area contributed by atoms with Crippen LogP contribution in [0.3, 0.4) is 0 Å². The second-order valence-electron chi connectivity index (χ2n) is 11.1. The highest BCUT2D eigenvalue weighted by atomic mass is 16.5. The van der Waals surface area contributed by atoms with Crippen molar-refractivity contribution in [3.63, 3.8) is 0 Å². The average molecular weight is 395 g/mol. The minimum atomic E-state index is -1.87. The summed E-state index contributed by atoms with van der Waals surface area (Å²) in [4.78, 5) is 10.9. The number of carboxylic acids is 1. The summed E-state index contributed by atoms with van der Waals surface area (Å²) in [6.07, 6.45) is 9.85. The van der Waals surface area contributed by atoms with Crippen molar-refractivity contribution in [2.45, 2.75) is 102 Å². The Labute approximate surface area is 168 Å². The zero-order chi connectivity index (χ0) is 20.4. The van der Waals surface area contributed by atoms with Crippen LogP contribution in [-0.2, 0) is 4.79 Å². The second kappa shape index (κ2) is 6.68. The quantitative estimate of drug-likeness (QED) is 0.545. The molecule has 4 saturated carbocycles. The van der Waals surface area contributed by atoms with Gasteiger partial charge in [-0.15, -0.1) is 0 Å². The first kappa shape index (κ1) is 20.6. The summed E-state index contributed by atoms with van der Waals surface area (Å²) >= 11 is 0. The van der Waals surface area contributed by atoms with Gasteiger partial charge in [-0.25, -0.2) is 0 Å². The van der Waals surface area contributed by atoms with Gasteiger partial charge in [-0.1, -0.05) is 26.7 Å². The zero-order valence-corrected chi connectivity index (χ0v) is 17.5. The first-order chi connectivity index (χ1) is 13.0. The van der Waals surface area contributed by atoms with E-state index >= 15 is 0 Å². The molecule has 7 atom stereocenters. The first-order valence-corrected chi connectivity index (χ1v) is 11.4. The third kappa shape index (κ3) is 2.87. The van der Waals surface area contributed by atoms with Crippen LogP contribution in [0.1, 0.15) is 90.9 Å². The van der Waals surface area contributed by atoms with E-state index in [1.165, 1.54) is 25.7 Å². The van der Waals surface area contributed by atoms with Crippen molar-refractivity contribution in [1.29, 1.82) is 0 Å². The van der Waals surface area contributed by atoms with E-state index in [9.17, 15) is 20.1 Å². The molecule has 0 radical (unpaired) electrons. The van der Waals surface area contributed by atoms with Gasteiger partial charge in [0.25, 0.3) is 0 Å². The molecule has 5 heteroatoms. The molecule has 0 amide bonds. The van der Waals surface area contributed by atoms with Crippen LogP contribution in [0.15, 0.2) is 0 Å². The molecule has 4 aliphatic carbocycles. The third-order valence-electron chi connectivity index (χ3n) is 9.85. The second-order valence-corrected chi connectivity index (χ2v) is 11.1. The summed E-state index contributed by atoms with van der Waals surface area (Å²) in [5, 5.41) is 42.7. The van der Waals surface area contributed by atoms with Crippen LogP contribution in [-0.4, -0.2) is 37.8 Å². The molecule has 5 nitrogen and oxygen atoms in total. The Morgan fingerprint density at radius 2 is 1.75 bits per heavy atom. The molecule has 160 valence electrons. The zero-order valence-electron chi connectivity index (χ0n) is 17.5. The minimum absolute atomic E-state index is 0.0126. The number of aliphatic carboxylic acids is 1. The van der Waals surface area contributed by atoms with E-state index in [-0.39, 0.29) is 24.7 Å². The highest BCUT2D eigenvalue weighted by molar-refractivity contribution is 5.66. The van der Waals surface area contributed by atoms with E-state index in [0.29, 0.717) is 24.2 Å². The Kier molecular flexibility index (Phi) is 4.92. The van der Waals surface area contributed by atoms with Crippen LogP contribution in [0.2, 0.25) is 0 Å². The van der Waals surface area contributed by atoms with Gasteiger partial charge in [-0.2, -0.15) is 0 Å². The van der Waals surface area contributed by atoms with Crippen LogP contribution in [0.25, 0.3) is 0 Å². The van der Waals surface area contributed by atoms with Gasteiger partial charge in [-0.3, -0.25) is 4.79 Å². The predicted octanol–water partition coefficient (Wildman–Crippen LogP) is 3.70. The number of fused-ring (bicyclic) bond motifs is 5. The summed E-state index contributed by atoms with van der Waals surface area (Å²) in [7, 11) is 0. The van der Waals surface area contributed by atoms with Crippen LogP contribution in [0.5, 0.6) is 0 Å². The van der Waals surface area contributed by atoms with Crippen LogP contribution >= 0.6 is 0 Å². The molecule has 0 aromatic rings. The van der Waals surface area contributed by atoms with E-state index in [1.807, 2.05) is 6.92 Å². The lowest BCUT2D eigenvalue weighted by molar-refractivity contribution is -0.240. The Hall–Kier alpha value is -0.650. The van der Waals surface area contributed by atoms with Gasteiger partial charge in [0.15, 0.2) is 5.79 Å². The molecule has 0 aliphatic heterocycles. The Bertz CT molecular complexity index is 632. The van der Waals surface area contributed by atoms with E-state index in [4.69, 9.17) is 5.11 Å². The highest BCUT2D eigenvalue weighted by Gasteiger charge is 2.71. The van der Waals surface area contributed by atoms with Gasteiger partial charge in [0.2, 0.25) is 0 Å². The summed E-state index contributed by atoms with van der Waals surface area (Å²) in [5.41, 5.74) is -1.47. The lowest BCUT2D eigenvalue weighted by atomic mass is 9.44. The van der Waals surface area contributed by atoms with Crippen molar-refractivity contribution in [1.82, 2.24) is 0 Å². The molecule has 0 bridgehead atoms. The Morgan fingerprint density at radius 1 is 1.00 bits per heavy atom. The van der Waals surface area contributed by atoms with Crippen molar-refractivity contribution in [3.8, 4) is 0 Å². The number of carbonyl (C=O) groups is 1. The van der Waals surface area contributed by atoms with Crippen molar-refractivity contribution in [2.75, 3.05) is 0 Å². The monoisotopic (exact) mass is 394 g/mol. The molecular weight excluding hydrogens is 356 g/mol. The third-order valence-corrected chi connectivity index (χ3v) is 9.85. The molecule has 28 heavy (non-hydrogen) atoms. The largest absolute Gasteiger partial charge is 0.481 e. The van der Waals surface area contributed by atoms with Gasteiger partial charge in [0, 0.05) is 24.2 Å². The van der Waals surface area contributed by atoms with E-state index < -0.39 is 22.8 Å². The smallest absolute Gasteiger partial charge is 0.303 e. The number of carboxylic acid groups (broad SMARTS) is 1. The van der Waals surface area contributed by atoms with Crippen molar-refractivity contribution < 1.29 is 25.2 Å². The van der Waals surface area contributed by atoms with Crippen LogP contribution in [0.4, 0.5) is 0 Å². The standard InChI is InChI=1S/C23H38O5/c1-20-11-4-3-6-15(20)8-9-16-17(20)10-13-21(2)19(16)23(27,28)14-22(21,26)12-5-7-18(24)25/h15-17,19,26-28H,3-14H2,1-2H3,(H,24,25). The fourth-order valence-electron chi connectivity index (χ4n) is 8.53. The summed E-state index contributed by atoms with van der Waals surface area (Å²) in [6, 6.07) is 0. The molecule has 4 N–H and O–H groups in total. The summed E-state index contributed by atoms with van der Waals surface area (Å²) in [6.45, 7) is 4.49. The van der Waals surface area contributed by atoms with Gasteiger partial charge >= 0.3 is 5.97 Å². The Morgan fingerprint density at radius 3 is 2.46 bits per heavy atom. The van der Waals surface area contributed by atoms with Crippen LogP contribution < -0.4 is 0 Å². The molecule has 0 heterocycles. The minimum Gasteiger partial charge on any atom is -0.481 e. The Balaban J connectivity index is 1.63. The lowest BCUT2D eigenvalue weighted by Crippen LogP contribution is -2.58. The molecule has 4 rings (SSSR count). The highest BCUT2D eigenvalue weighted by Crippen LogP contribution is 2.70. The normalized spacial score (nSPS) is 49.8.